The molecule has 0 saturated heterocycles. The Morgan fingerprint density at radius 2 is 1.17 bits per heavy atom. The van der Waals surface area contributed by atoms with Crippen LogP contribution in [-0.2, 0) is 5.41 Å². The molecule has 2 aromatic heterocycles. The van der Waals surface area contributed by atoms with Gasteiger partial charge in [0, 0.05) is 21.9 Å². The molecule has 0 saturated carbocycles. The summed E-state index contributed by atoms with van der Waals surface area (Å²) in [5, 5.41) is 5.12. The lowest BCUT2D eigenvalue weighted by Gasteiger charge is -2.25. The molecular weight excluding hydrogens is 498 g/mol. The maximum atomic E-state index is 5.33. The van der Waals surface area contributed by atoms with Gasteiger partial charge in [0.05, 0.1) is 22.1 Å². The van der Waals surface area contributed by atoms with Crippen molar-refractivity contribution in [2.24, 2.45) is 0 Å². The second-order valence-electron chi connectivity index (χ2n) is 11.6. The summed E-state index contributed by atoms with van der Waals surface area (Å²) in [5.41, 5.74) is 10.8. The fourth-order valence-corrected chi connectivity index (χ4v) is 7.41. The average molecular weight is 526 g/mol. The van der Waals surface area contributed by atoms with Crippen molar-refractivity contribution in [1.82, 2.24) is 14.1 Å². The van der Waals surface area contributed by atoms with Crippen LogP contribution in [0.3, 0.4) is 0 Å². The molecule has 2 heterocycles. The number of benzene rings is 6. The molecule has 0 spiro atoms. The van der Waals surface area contributed by atoms with E-state index in [0.29, 0.717) is 0 Å². The number of imidazole rings is 1. The zero-order chi connectivity index (χ0) is 27.3. The molecule has 0 unspecified atom stereocenters. The van der Waals surface area contributed by atoms with Crippen molar-refractivity contribution in [3.63, 3.8) is 0 Å². The van der Waals surface area contributed by atoms with Crippen molar-refractivity contribution < 1.29 is 0 Å². The first kappa shape index (κ1) is 22.6. The first-order valence-corrected chi connectivity index (χ1v) is 14.3. The lowest BCUT2D eigenvalue weighted by Crippen LogP contribution is -2.17. The van der Waals surface area contributed by atoms with Crippen LogP contribution in [-0.4, -0.2) is 14.1 Å². The van der Waals surface area contributed by atoms with Gasteiger partial charge in [-0.05, 0) is 63.4 Å². The number of rotatable bonds is 2. The predicted molar refractivity (Wildman–Crippen MR) is 170 cm³/mol. The van der Waals surface area contributed by atoms with E-state index in [2.05, 4.69) is 150 Å². The quantitative estimate of drug-likeness (QED) is 0.220. The zero-order valence-corrected chi connectivity index (χ0v) is 23.0. The Kier molecular flexibility index (Phi) is 4.39. The Morgan fingerprint density at radius 3 is 2.02 bits per heavy atom. The van der Waals surface area contributed by atoms with Gasteiger partial charge in [-0.2, -0.15) is 0 Å². The highest BCUT2D eigenvalue weighted by atomic mass is 15.2. The van der Waals surface area contributed by atoms with Crippen molar-refractivity contribution in [1.29, 1.82) is 0 Å². The van der Waals surface area contributed by atoms with Gasteiger partial charge in [0.25, 0.3) is 0 Å². The summed E-state index contributed by atoms with van der Waals surface area (Å²) in [5.74, 6) is 0.911. The van der Waals surface area contributed by atoms with Gasteiger partial charge in [0.15, 0.2) is 0 Å². The molecule has 0 aliphatic heterocycles. The van der Waals surface area contributed by atoms with Gasteiger partial charge in [0.2, 0.25) is 5.95 Å². The number of fused-ring (bicyclic) bond motifs is 10. The van der Waals surface area contributed by atoms with Crippen LogP contribution in [0.4, 0.5) is 0 Å². The molecule has 194 valence electrons. The molecule has 3 nitrogen and oxygen atoms in total. The van der Waals surface area contributed by atoms with E-state index in [4.69, 9.17) is 4.98 Å². The Morgan fingerprint density at radius 1 is 0.512 bits per heavy atom. The van der Waals surface area contributed by atoms with Gasteiger partial charge in [-0.25, -0.2) is 4.98 Å². The standard InChI is InChI=1S/C38H27N3/c1-38(2)34-26-15-7-6-12-24(26)20-21-28(34)29-22-23-30-27-16-8-10-18-32(27)41(36(30)35(29)38)37-39-31-17-9-11-19-33(31)40(37)25-13-4-3-5-14-25/h3-23H,1-2H3. The third kappa shape index (κ3) is 2.90. The predicted octanol–water partition coefficient (Wildman–Crippen LogP) is 9.58. The van der Waals surface area contributed by atoms with Gasteiger partial charge in [-0.15, -0.1) is 0 Å². The van der Waals surface area contributed by atoms with Crippen molar-refractivity contribution >= 4 is 43.6 Å². The second kappa shape index (κ2) is 7.96. The van der Waals surface area contributed by atoms with E-state index in [-0.39, 0.29) is 5.41 Å². The van der Waals surface area contributed by atoms with Gasteiger partial charge in [-0.3, -0.25) is 9.13 Å². The molecule has 0 bridgehead atoms. The van der Waals surface area contributed by atoms with E-state index < -0.39 is 0 Å². The first-order valence-electron chi connectivity index (χ1n) is 14.3. The topological polar surface area (TPSA) is 22.8 Å². The molecule has 3 heteroatoms. The van der Waals surface area contributed by atoms with E-state index in [9.17, 15) is 0 Å². The van der Waals surface area contributed by atoms with Crippen LogP contribution in [0.25, 0.3) is 66.4 Å². The Labute approximate surface area is 237 Å². The number of para-hydroxylation sites is 4. The highest BCUT2D eigenvalue weighted by Gasteiger charge is 2.40. The summed E-state index contributed by atoms with van der Waals surface area (Å²) >= 11 is 0. The largest absolute Gasteiger partial charge is 0.279 e. The molecule has 41 heavy (non-hydrogen) atoms. The summed E-state index contributed by atoms with van der Waals surface area (Å²) in [6.07, 6.45) is 0. The zero-order valence-electron chi connectivity index (χ0n) is 23.0. The van der Waals surface area contributed by atoms with Crippen molar-refractivity contribution in [2.45, 2.75) is 19.3 Å². The number of hydrogen-bond donors (Lipinski definition) is 0. The monoisotopic (exact) mass is 525 g/mol. The maximum Gasteiger partial charge on any atom is 0.220 e. The molecule has 9 rings (SSSR count). The van der Waals surface area contributed by atoms with Crippen LogP contribution >= 0.6 is 0 Å². The van der Waals surface area contributed by atoms with Crippen LogP contribution in [0.1, 0.15) is 25.0 Å². The van der Waals surface area contributed by atoms with Crippen LogP contribution in [0, 0.1) is 0 Å². The Bertz CT molecular complexity index is 2330. The maximum absolute atomic E-state index is 5.33. The Hall–Kier alpha value is -5.15. The minimum absolute atomic E-state index is 0.208. The van der Waals surface area contributed by atoms with Gasteiger partial charge >= 0.3 is 0 Å². The third-order valence-electron chi connectivity index (χ3n) is 9.06. The fourth-order valence-electron chi connectivity index (χ4n) is 7.41. The summed E-state index contributed by atoms with van der Waals surface area (Å²) in [7, 11) is 0. The molecule has 0 fully saturated rings. The van der Waals surface area contributed by atoms with Gasteiger partial charge in [0.1, 0.15) is 0 Å². The summed E-state index contributed by atoms with van der Waals surface area (Å²) in [6, 6.07) is 45.9. The molecule has 1 aliphatic carbocycles. The molecule has 0 atom stereocenters. The van der Waals surface area contributed by atoms with Gasteiger partial charge in [-0.1, -0.05) is 111 Å². The van der Waals surface area contributed by atoms with Crippen LogP contribution in [0.5, 0.6) is 0 Å². The van der Waals surface area contributed by atoms with E-state index >= 15 is 0 Å². The molecule has 0 N–H and O–H groups in total. The number of aromatic nitrogens is 3. The van der Waals surface area contributed by atoms with Crippen LogP contribution in [0.15, 0.2) is 127 Å². The van der Waals surface area contributed by atoms with Crippen molar-refractivity contribution in [2.75, 3.05) is 0 Å². The normalized spacial score (nSPS) is 13.8. The fraction of sp³-hybridized carbons (Fsp3) is 0.0789. The lowest BCUT2D eigenvalue weighted by atomic mass is 9.79. The molecule has 6 aromatic carbocycles. The lowest BCUT2D eigenvalue weighted by molar-refractivity contribution is 0.669. The minimum atomic E-state index is -0.208. The molecule has 0 radical (unpaired) electrons. The van der Waals surface area contributed by atoms with E-state index in [1.165, 1.54) is 54.8 Å². The highest BCUT2D eigenvalue weighted by Crippen LogP contribution is 2.55. The first-order chi connectivity index (χ1) is 20.1. The molecular formula is C38H27N3. The SMILES string of the molecule is CC1(C)c2c(ccc3ccccc23)-c2ccc3c4ccccc4n(-c4nc5ccccc5n4-c4ccccc4)c3c21. The van der Waals surface area contributed by atoms with E-state index in [1.54, 1.807) is 0 Å². The van der Waals surface area contributed by atoms with Crippen LogP contribution in [0.2, 0.25) is 0 Å². The van der Waals surface area contributed by atoms with Gasteiger partial charge < -0.3 is 0 Å². The number of hydrogen-bond acceptors (Lipinski definition) is 1. The molecule has 1 aliphatic rings. The van der Waals surface area contributed by atoms with Crippen molar-refractivity contribution in [3.8, 4) is 22.8 Å². The summed E-state index contributed by atoms with van der Waals surface area (Å²) in [4.78, 5) is 5.33. The van der Waals surface area contributed by atoms with Crippen molar-refractivity contribution in [3.05, 3.63) is 139 Å². The Balaban J connectivity index is 1.48. The third-order valence-corrected chi connectivity index (χ3v) is 9.06. The smallest absolute Gasteiger partial charge is 0.220 e. The summed E-state index contributed by atoms with van der Waals surface area (Å²) in [6.45, 7) is 4.79. The van der Waals surface area contributed by atoms with E-state index in [0.717, 1.165) is 22.7 Å². The molecule has 0 amide bonds. The highest BCUT2D eigenvalue weighted by molar-refractivity contribution is 6.14. The van der Waals surface area contributed by atoms with E-state index in [1.807, 2.05) is 0 Å². The minimum Gasteiger partial charge on any atom is -0.279 e. The molecule has 8 aromatic rings. The average Bonchev–Trinajstić information content (AvgIpc) is 3.63. The number of nitrogens with zero attached hydrogens (tertiary/aromatic N) is 3. The summed E-state index contributed by atoms with van der Waals surface area (Å²) < 4.78 is 4.73. The second-order valence-corrected chi connectivity index (χ2v) is 11.6. The van der Waals surface area contributed by atoms with Crippen LogP contribution < -0.4 is 0 Å².